The van der Waals surface area contributed by atoms with E-state index >= 15 is 0 Å². The molecule has 0 spiro atoms. The fourth-order valence-electron chi connectivity index (χ4n) is 3.47. The molecular weight excluding hydrogens is 302 g/mol. The zero-order valence-electron chi connectivity index (χ0n) is 14.5. The first kappa shape index (κ1) is 15.6. The van der Waals surface area contributed by atoms with Crippen LogP contribution in [-0.4, -0.2) is 39.5 Å². The molecule has 2 aromatic heterocycles. The molecule has 1 aliphatic heterocycles. The van der Waals surface area contributed by atoms with Crippen LogP contribution in [0.15, 0.2) is 18.5 Å². The number of hydrogen-bond acceptors (Lipinski definition) is 5. The molecule has 1 aliphatic carbocycles. The van der Waals surface area contributed by atoms with Gasteiger partial charge in [-0.15, -0.1) is 5.10 Å². The minimum Gasteiger partial charge on any atom is -0.381 e. The molecule has 1 saturated carbocycles. The number of ether oxygens (including phenoxy) is 1. The average molecular weight is 327 g/mol. The monoisotopic (exact) mass is 327 g/mol. The number of hydrogen-bond donors (Lipinski definition) is 0. The Morgan fingerprint density at radius 3 is 2.83 bits per heavy atom. The topological polar surface area (TPSA) is 56.1 Å². The van der Waals surface area contributed by atoms with Crippen molar-refractivity contribution >= 4 is 5.82 Å². The Balaban J connectivity index is 1.61. The lowest BCUT2D eigenvalue weighted by molar-refractivity contribution is 0.129. The SMILES string of the molecule is CCOCC1CN(c2ccc(C)nn2)Cc2ncn(CC3CC3)c21. The molecule has 1 fully saturated rings. The number of rotatable bonds is 6. The van der Waals surface area contributed by atoms with Crippen LogP contribution >= 0.6 is 0 Å². The van der Waals surface area contributed by atoms with Crippen LogP contribution in [0.4, 0.5) is 5.82 Å². The predicted octanol–water partition coefficient (Wildman–Crippen LogP) is 2.53. The van der Waals surface area contributed by atoms with Gasteiger partial charge in [0.25, 0.3) is 0 Å². The summed E-state index contributed by atoms with van der Waals surface area (Å²) >= 11 is 0. The summed E-state index contributed by atoms with van der Waals surface area (Å²) in [6.07, 6.45) is 4.73. The molecule has 2 aromatic rings. The Bertz CT molecular complexity index is 692. The van der Waals surface area contributed by atoms with Gasteiger partial charge in [-0.3, -0.25) is 0 Å². The van der Waals surface area contributed by atoms with E-state index in [0.717, 1.165) is 56.0 Å². The van der Waals surface area contributed by atoms with Gasteiger partial charge in [0.05, 0.1) is 30.9 Å². The number of aryl methyl sites for hydroxylation is 1. The molecule has 0 N–H and O–H groups in total. The van der Waals surface area contributed by atoms with Crippen molar-refractivity contribution in [3.63, 3.8) is 0 Å². The Morgan fingerprint density at radius 1 is 1.25 bits per heavy atom. The van der Waals surface area contributed by atoms with Crippen molar-refractivity contribution in [2.75, 3.05) is 24.7 Å². The fraction of sp³-hybridized carbons (Fsp3) is 0.611. The Morgan fingerprint density at radius 2 is 2.12 bits per heavy atom. The second-order valence-electron chi connectivity index (χ2n) is 6.94. The molecule has 24 heavy (non-hydrogen) atoms. The van der Waals surface area contributed by atoms with Crippen LogP contribution in [0.3, 0.4) is 0 Å². The molecule has 0 radical (unpaired) electrons. The van der Waals surface area contributed by atoms with E-state index in [4.69, 9.17) is 9.72 Å². The lowest BCUT2D eigenvalue weighted by Gasteiger charge is -2.33. The highest BCUT2D eigenvalue weighted by molar-refractivity contribution is 5.42. The minimum atomic E-state index is 0.332. The second kappa shape index (κ2) is 6.51. The van der Waals surface area contributed by atoms with Crippen LogP contribution in [-0.2, 0) is 17.8 Å². The minimum absolute atomic E-state index is 0.332. The van der Waals surface area contributed by atoms with E-state index in [1.807, 2.05) is 25.4 Å². The molecular formula is C18H25N5O. The normalized spacial score (nSPS) is 20.2. The summed E-state index contributed by atoms with van der Waals surface area (Å²) in [5.41, 5.74) is 3.47. The van der Waals surface area contributed by atoms with Crippen LogP contribution in [0, 0.1) is 12.8 Å². The Hall–Kier alpha value is -1.95. The van der Waals surface area contributed by atoms with Gasteiger partial charge >= 0.3 is 0 Å². The Labute approximate surface area is 142 Å². The number of fused-ring (bicyclic) bond motifs is 1. The Kier molecular flexibility index (Phi) is 4.22. The largest absolute Gasteiger partial charge is 0.381 e. The van der Waals surface area contributed by atoms with Gasteiger partial charge in [0.2, 0.25) is 0 Å². The van der Waals surface area contributed by atoms with E-state index in [1.165, 1.54) is 18.5 Å². The first-order valence-electron chi connectivity index (χ1n) is 8.91. The average Bonchev–Trinajstić information content (AvgIpc) is 3.32. The molecule has 6 heteroatoms. The van der Waals surface area contributed by atoms with E-state index in [-0.39, 0.29) is 0 Å². The maximum Gasteiger partial charge on any atom is 0.151 e. The standard InChI is InChI=1S/C18H25N5O/c1-3-24-11-15-9-22(17-7-4-13(2)20-21-17)10-16-18(15)23(12-19-16)8-14-5-6-14/h4,7,12,14-15H,3,5-6,8-11H2,1-2H3. The third-order valence-corrected chi connectivity index (χ3v) is 4.91. The van der Waals surface area contributed by atoms with E-state index < -0.39 is 0 Å². The van der Waals surface area contributed by atoms with Gasteiger partial charge in [0, 0.05) is 31.3 Å². The van der Waals surface area contributed by atoms with E-state index in [2.05, 4.69) is 26.6 Å². The summed E-state index contributed by atoms with van der Waals surface area (Å²) in [4.78, 5) is 6.98. The molecule has 128 valence electrons. The molecule has 0 bridgehead atoms. The van der Waals surface area contributed by atoms with Gasteiger partial charge in [-0.25, -0.2) is 4.98 Å². The van der Waals surface area contributed by atoms with Crippen molar-refractivity contribution in [3.05, 3.63) is 35.5 Å². The molecule has 0 amide bonds. The molecule has 6 nitrogen and oxygen atoms in total. The molecule has 0 saturated heterocycles. The van der Waals surface area contributed by atoms with E-state index in [0.29, 0.717) is 5.92 Å². The number of imidazole rings is 1. The van der Waals surface area contributed by atoms with Crippen LogP contribution in [0.5, 0.6) is 0 Å². The number of nitrogens with zero attached hydrogens (tertiary/aromatic N) is 5. The second-order valence-corrected chi connectivity index (χ2v) is 6.94. The van der Waals surface area contributed by atoms with Gasteiger partial charge in [-0.05, 0) is 44.7 Å². The highest BCUT2D eigenvalue weighted by Crippen LogP contribution is 2.35. The molecule has 2 aliphatic rings. The zero-order valence-corrected chi connectivity index (χ0v) is 14.5. The van der Waals surface area contributed by atoms with Crippen LogP contribution in [0.25, 0.3) is 0 Å². The summed E-state index contributed by atoms with van der Waals surface area (Å²) < 4.78 is 8.14. The highest BCUT2D eigenvalue weighted by Gasteiger charge is 2.32. The zero-order chi connectivity index (χ0) is 16.5. The first-order chi connectivity index (χ1) is 11.7. The van der Waals surface area contributed by atoms with Gasteiger partial charge in [0.15, 0.2) is 5.82 Å². The molecule has 1 unspecified atom stereocenters. The van der Waals surface area contributed by atoms with Crippen LogP contribution in [0.1, 0.15) is 42.8 Å². The maximum atomic E-state index is 5.77. The molecule has 1 atom stereocenters. The van der Waals surface area contributed by atoms with Gasteiger partial charge in [-0.2, -0.15) is 5.10 Å². The lowest BCUT2D eigenvalue weighted by Crippen LogP contribution is -2.37. The lowest BCUT2D eigenvalue weighted by atomic mass is 9.98. The summed E-state index contributed by atoms with van der Waals surface area (Å²) in [6, 6.07) is 4.06. The number of anilines is 1. The van der Waals surface area contributed by atoms with Crippen molar-refractivity contribution in [3.8, 4) is 0 Å². The molecule has 0 aromatic carbocycles. The maximum absolute atomic E-state index is 5.77. The quantitative estimate of drug-likeness (QED) is 0.816. The van der Waals surface area contributed by atoms with E-state index in [1.54, 1.807) is 0 Å². The summed E-state index contributed by atoms with van der Waals surface area (Å²) in [5.74, 6) is 2.10. The number of aromatic nitrogens is 4. The van der Waals surface area contributed by atoms with Crippen molar-refractivity contribution < 1.29 is 4.74 Å². The summed E-state index contributed by atoms with van der Waals surface area (Å²) in [6.45, 7) is 8.29. The van der Waals surface area contributed by atoms with Gasteiger partial charge in [0.1, 0.15) is 0 Å². The molecule has 4 rings (SSSR count). The first-order valence-corrected chi connectivity index (χ1v) is 8.91. The predicted molar refractivity (Wildman–Crippen MR) is 92.0 cm³/mol. The van der Waals surface area contributed by atoms with Gasteiger partial charge in [-0.1, -0.05) is 0 Å². The van der Waals surface area contributed by atoms with Gasteiger partial charge < -0.3 is 14.2 Å². The van der Waals surface area contributed by atoms with E-state index in [9.17, 15) is 0 Å². The van der Waals surface area contributed by atoms with Crippen LogP contribution < -0.4 is 4.90 Å². The van der Waals surface area contributed by atoms with Crippen molar-refractivity contribution in [1.82, 2.24) is 19.7 Å². The van der Waals surface area contributed by atoms with Crippen LogP contribution in [0.2, 0.25) is 0 Å². The summed E-state index contributed by atoms with van der Waals surface area (Å²) in [5, 5.41) is 8.56. The third-order valence-electron chi connectivity index (χ3n) is 4.91. The van der Waals surface area contributed by atoms with Crippen molar-refractivity contribution in [2.45, 2.75) is 45.7 Å². The fourth-order valence-corrected chi connectivity index (χ4v) is 3.47. The smallest absolute Gasteiger partial charge is 0.151 e. The van der Waals surface area contributed by atoms with Crippen molar-refractivity contribution in [2.24, 2.45) is 5.92 Å². The van der Waals surface area contributed by atoms with Crippen molar-refractivity contribution in [1.29, 1.82) is 0 Å². The highest BCUT2D eigenvalue weighted by atomic mass is 16.5. The summed E-state index contributed by atoms with van der Waals surface area (Å²) in [7, 11) is 0. The third kappa shape index (κ3) is 3.15. The molecule has 3 heterocycles.